The van der Waals surface area contributed by atoms with E-state index in [0.717, 1.165) is 0 Å². The normalized spacial score (nSPS) is 11.9. The fourth-order valence-electron chi connectivity index (χ4n) is 1.37. The molecule has 1 aromatic rings. The SMILES string of the molecule is CCOC(=O)[C@@H](Cc1cccc(Cl)c1)[N+](=O)[O-]. The fourth-order valence-corrected chi connectivity index (χ4v) is 1.58. The molecule has 0 aliphatic carbocycles. The Kier molecular flexibility index (Phi) is 4.90. The van der Waals surface area contributed by atoms with E-state index in [0.29, 0.717) is 10.6 Å². The van der Waals surface area contributed by atoms with Crippen LogP contribution < -0.4 is 0 Å². The minimum atomic E-state index is -1.38. The Bertz CT molecular complexity index is 422. The zero-order valence-corrected chi connectivity index (χ0v) is 10.0. The van der Waals surface area contributed by atoms with Gasteiger partial charge < -0.3 is 4.74 Å². The van der Waals surface area contributed by atoms with Crippen LogP contribution >= 0.6 is 11.6 Å². The number of benzene rings is 1. The van der Waals surface area contributed by atoms with Crippen LogP contribution in [0.15, 0.2) is 24.3 Å². The van der Waals surface area contributed by atoms with Gasteiger partial charge in [-0.1, -0.05) is 23.7 Å². The number of halogens is 1. The van der Waals surface area contributed by atoms with Crippen molar-refractivity contribution in [2.24, 2.45) is 0 Å². The van der Waals surface area contributed by atoms with Gasteiger partial charge in [0.1, 0.15) is 0 Å². The Balaban J connectivity index is 2.80. The van der Waals surface area contributed by atoms with E-state index in [9.17, 15) is 14.9 Å². The highest BCUT2D eigenvalue weighted by atomic mass is 35.5. The summed E-state index contributed by atoms with van der Waals surface area (Å²) < 4.78 is 4.65. The number of nitro groups is 1. The third kappa shape index (κ3) is 4.03. The monoisotopic (exact) mass is 257 g/mol. The summed E-state index contributed by atoms with van der Waals surface area (Å²) in [6.45, 7) is 1.73. The summed E-state index contributed by atoms with van der Waals surface area (Å²) in [5, 5.41) is 11.3. The second-order valence-electron chi connectivity index (χ2n) is 3.39. The van der Waals surface area contributed by atoms with Crippen molar-refractivity contribution in [1.29, 1.82) is 0 Å². The number of hydrogen-bond acceptors (Lipinski definition) is 4. The van der Waals surface area contributed by atoms with E-state index >= 15 is 0 Å². The molecule has 6 heteroatoms. The van der Waals surface area contributed by atoms with Gasteiger partial charge in [-0.3, -0.25) is 10.1 Å². The molecule has 0 heterocycles. The van der Waals surface area contributed by atoms with Crippen LogP contribution in [0.3, 0.4) is 0 Å². The topological polar surface area (TPSA) is 69.4 Å². The van der Waals surface area contributed by atoms with Crippen molar-refractivity contribution in [3.63, 3.8) is 0 Å². The molecule has 0 spiro atoms. The van der Waals surface area contributed by atoms with Gasteiger partial charge in [0.25, 0.3) is 0 Å². The van der Waals surface area contributed by atoms with E-state index in [1.165, 1.54) is 0 Å². The van der Waals surface area contributed by atoms with E-state index in [1.54, 1.807) is 31.2 Å². The van der Waals surface area contributed by atoms with Crippen LogP contribution in [0.4, 0.5) is 0 Å². The zero-order chi connectivity index (χ0) is 12.8. The first-order valence-corrected chi connectivity index (χ1v) is 5.47. The minimum Gasteiger partial charge on any atom is -0.461 e. The third-order valence-corrected chi connectivity index (χ3v) is 2.37. The van der Waals surface area contributed by atoms with Gasteiger partial charge in [0.2, 0.25) is 0 Å². The van der Waals surface area contributed by atoms with Crippen LogP contribution in [0.5, 0.6) is 0 Å². The van der Waals surface area contributed by atoms with E-state index in [-0.39, 0.29) is 13.0 Å². The van der Waals surface area contributed by atoms with Crippen molar-refractivity contribution in [1.82, 2.24) is 0 Å². The Labute approximate surface area is 103 Å². The lowest BCUT2D eigenvalue weighted by Gasteiger charge is -2.08. The summed E-state index contributed by atoms with van der Waals surface area (Å²) in [6.07, 6.45) is -0.0214. The Morgan fingerprint density at radius 1 is 1.59 bits per heavy atom. The Morgan fingerprint density at radius 3 is 2.82 bits per heavy atom. The molecule has 1 atom stereocenters. The molecule has 0 saturated carbocycles. The molecule has 0 aliphatic heterocycles. The highest BCUT2D eigenvalue weighted by Gasteiger charge is 2.31. The minimum absolute atomic E-state index is 0.0214. The maximum Gasteiger partial charge on any atom is 0.382 e. The molecule has 0 aromatic heterocycles. The number of carbonyl (C=O) groups excluding carboxylic acids is 1. The number of nitrogens with zero attached hydrogens (tertiary/aromatic N) is 1. The Morgan fingerprint density at radius 2 is 2.29 bits per heavy atom. The standard InChI is InChI=1S/C11H12ClNO4/c1-2-17-11(14)10(13(15)16)7-8-4-3-5-9(12)6-8/h3-6,10H,2,7H2,1H3/t10-/m1/s1. The molecule has 0 N–H and O–H groups in total. The summed E-state index contributed by atoms with van der Waals surface area (Å²) in [5.74, 6) is -0.822. The summed E-state index contributed by atoms with van der Waals surface area (Å²) in [7, 11) is 0. The van der Waals surface area contributed by atoms with Gasteiger partial charge in [-0.15, -0.1) is 0 Å². The Hall–Kier alpha value is -1.62. The summed E-state index contributed by atoms with van der Waals surface area (Å²) in [6, 6.07) is 5.24. The van der Waals surface area contributed by atoms with Crippen LogP contribution in [-0.2, 0) is 16.0 Å². The van der Waals surface area contributed by atoms with E-state index in [4.69, 9.17) is 11.6 Å². The van der Waals surface area contributed by atoms with Gasteiger partial charge in [0.05, 0.1) is 13.0 Å². The van der Waals surface area contributed by atoms with Gasteiger partial charge in [-0.05, 0) is 24.6 Å². The number of ether oxygens (including phenoxy) is 1. The molecule has 0 aliphatic rings. The lowest BCUT2D eigenvalue weighted by Crippen LogP contribution is -2.33. The molecule has 1 aromatic carbocycles. The van der Waals surface area contributed by atoms with Gasteiger partial charge in [0, 0.05) is 9.95 Å². The molecular weight excluding hydrogens is 246 g/mol. The van der Waals surface area contributed by atoms with Crippen molar-refractivity contribution in [2.75, 3.05) is 6.61 Å². The highest BCUT2D eigenvalue weighted by molar-refractivity contribution is 6.30. The molecule has 1 rings (SSSR count). The smallest absolute Gasteiger partial charge is 0.382 e. The number of hydrogen-bond donors (Lipinski definition) is 0. The van der Waals surface area contributed by atoms with E-state index in [2.05, 4.69) is 4.74 Å². The van der Waals surface area contributed by atoms with Crippen molar-refractivity contribution < 1.29 is 14.5 Å². The first kappa shape index (κ1) is 13.4. The lowest BCUT2D eigenvalue weighted by molar-refractivity contribution is -0.510. The summed E-state index contributed by atoms with van der Waals surface area (Å²) >= 11 is 5.76. The first-order chi connectivity index (χ1) is 8.04. The van der Waals surface area contributed by atoms with Crippen molar-refractivity contribution in [3.05, 3.63) is 45.0 Å². The van der Waals surface area contributed by atoms with Crippen molar-refractivity contribution in [3.8, 4) is 0 Å². The van der Waals surface area contributed by atoms with Crippen LogP contribution in [0.2, 0.25) is 5.02 Å². The molecule has 0 unspecified atom stereocenters. The maximum atomic E-state index is 11.4. The molecule has 5 nitrogen and oxygen atoms in total. The molecule has 17 heavy (non-hydrogen) atoms. The number of rotatable bonds is 5. The van der Waals surface area contributed by atoms with Crippen molar-refractivity contribution in [2.45, 2.75) is 19.4 Å². The van der Waals surface area contributed by atoms with Gasteiger partial charge in [-0.25, -0.2) is 4.79 Å². The van der Waals surface area contributed by atoms with Crippen molar-refractivity contribution >= 4 is 17.6 Å². The molecule has 92 valence electrons. The molecule has 0 bridgehead atoms. The average Bonchev–Trinajstić information content (AvgIpc) is 2.26. The molecule has 0 radical (unpaired) electrons. The van der Waals surface area contributed by atoms with Crippen LogP contribution in [0, 0.1) is 10.1 Å². The largest absolute Gasteiger partial charge is 0.461 e. The highest BCUT2D eigenvalue weighted by Crippen LogP contribution is 2.13. The van der Waals surface area contributed by atoms with Crippen LogP contribution in [0.1, 0.15) is 12.5 Å². The van der Waals surface area contributed by atoms with Gasteiger partial charge >= 0.3 is 12.0 Å². The zero-order valence-electron chi connectivity index (χ0n) is 9.26. The molecular formula is C11H12ClNO4. The predicted octanol–water partition coefficient (Wildman–Crippen LogP) is 2.09. The van der Waals surface area contributed by atoms with E-state index in [1.807, 2.05) is 0 Å². The fraction of sp³-hybridized carbons (Fsp3) is 0.364. The average molecular weight is 258 g/mol. The lowest BCUT2D eigenvalue weighted by atomic mass is 10.1. The van der Waals surface area contributed by atoms with Crippen LogP contribution in [-0.4, -0.2) is 23.5 Å². The molecule has 0 fully saturated rings. The van der Waals surface area contributed by atoms with Crippen LogP contribution in [0.25, 0.3) is 0 Å². The number of carbonyl (C=O) groups is 1. The summed E-state index contributed by atoms with van der Waals surface area (Å²) in [5.41, 5.74) is 0.632. The second-order valence-corrected chi connectivity index (χ2v) is 3.82. The predicted molar refractivity (Wildman–Crippen MR) is 62.6 cm³/mol. The first-order valence-electron chi connectivity index (χ1n) is 5.09. The van der Waals surface area contributed by atoms with Gasteiger partial charge in [0.15, 0.2) is 0 Å². The number of esters is 1. The molecule has 0 amide bonds. The molecule has 0 saturated heterocycles. The quantitative estimate of drug-likeness (QED) is 0.460. The third-order valence-electron chi connectivity index (χ3n) is 2.13. The van der Waals surface area contributed by atoms with E-state index < -0.39 is 16.9 Å². The summed E-state index contributed by atoms with van der Waals surface area (Å²) in [4.78, 5) is 21.5. The maximum absolute atomic E-state index is 11.4. The van der Waals surface area contributed by atoms with Gasteiger partial charge in [-0.2, -0.15) is 0 Å². The second kappa shape index (κ2) is 6.20.